The summed E-state index contributed by atoms with van der Waals surface area (Å²) in [6.45, 7) is 1.87. The number of halogens is 2. The fourth-order valence-corrected chi connectivity index (χ4v) is 3.33. The zero-order chi connectivity index (χ0) is 12.4. The highest BCUT2D eigenvalue weighted by Crippen LogP contribution is 2.37. The highest BCUT2D eigenvalue weighted by atomic mass is 79.9. The Morgan fingerprint density at radius 1 is 1.35 bits per heavy atom. The number of benzene rings is 1. The van der Waals surface area contributed by atoms with Crippen LogP contribution in [0.2, 0.25) is 5.02 Å². The van der Waals surface area contributed by atoms with E-state index in [-0.39, 0.29) is 5.78 Å². The minimum absolute atomic E-state index is 0.180. The fourth-order valence-electron chi connectivity index (χ4n) is 1.50. The van der Waals surface area contributed by atoms with Gasteiger partial charge in [0.05, 0.1) is 9.90 Å². The van der Waals surface area contributed by atoms with E-state index in [0.29, 0.717) is 11.4 Å². The van der Waals surface area contributed by atoms with Crippen molar-refractivity contribution in [2.24, 2.45) is 0 Å². The van der Waals surface area contributed by atoms with Crippen LogP contribution in [0.3, 0.4) is 0 Å². The van der Waals surface area contributed by atoms with E-state index >= 15 is 0 Å². The first-order chi connectivity index (χ1) is 8.13. The molecule has 2 rings (SSSR count). The molecule has 88 valence electrons. The molecule has 0 fully saturated rings. The van der Waals surface area contributed by atoms with Crippen LogP contribution in [-0.2, 0) is 0 Å². The van der Waals surface area contributed by atoms with Gasteiger partial charge in [0.15, 0.2) is 5.78 Å². The first kappa shape index (κ1) is 12.8. The van der Waals surface area contributed by atoms with Crippen LogP contribution in [0.5, 0.6) is 0 Å². The minimum Gasteiger partial charge on any atom is -0.293 e. The van der Waals surface area contributed by atoms with Gasteiger partial charge in [-0.25, -0.2) is 0 Å². The van der Waals surface area contributed by atoms with Gasteiger partial charge in [-0.2, -0.15) is 0 Å². The second kappa shape index (κ2) is 5.34. The van der Waals surface area contributed by atoms with Crippen LogP contribution in [0, 0.1) is 0 Å². The van der Waals surface area contributed by atoms with Crippen molar-refractivity contribution in [3.05, 3.63) is 44.7 Å². The van der Waals surface area contributed by atoms with Gasteiger partial charge >= 0.3 is 0 Å². The predicted molar refractivity (Wildman–Crippen MR) is 77.1 cm³/mol. The molecular weight excluding hydrogens is 320 g/mol. The smallest absolute Gasteiger partial charge is 0.172 e. The maximum absolute atomic E-state index is 11.6. The van der Waals surface area contributed by atoms with Gasteiger partial charge in [0.2, 0.25) is 0 Å². The molecule has 0 aliphatic carbocycles. The Morgan fingerprint density at radius 2 is 2.12 bits per heavy atom. The topological polar surface area (TPSA) is 17.1 Å². The van der Waals surface area contributed by atoms with E-state index in [2.05, 4.69) is 15.9 Å². The molecule has 0 spiro atoms. The van der Waals surface area contributed by atoms with E-state index in [1.165, 1.54) is 11.3 Å². The van der Waals surface area contributed by atoms with Crippen LogP contribution in [0.4, 0.5) is 0 Å². The van der Waals surface area contributed by atoms with E-state index in [9.17, 15) is 4.79 Å². The summed E-state index contributed by atoms with van der Waals surface area (Å²) in [5.74, 6) is 0.180. The minimum atomic E-state index is 0.180. The molecule has 1 heterocycles. The van der Waals surface area contributed by atoms with Crippen molar-refractivity contribution in [2.75, 3.05) is 0 Å². The number of hydrogen-bond acceptors (Lipinski definition) is 2. The SMILES string of the molecule is CCC(=O)c1ccc(-c2cccc(Cl)c2Br)s1. The third-order valence-electron chi connectivity index (χ3n) is 2.42. The number of thiophene rings is 1. The maximum Gasteiger partial charge on any atom is 0.172 e. The van der Waals surface area contributed by atoms with Crippen molar-refractivity contribution in [2.45, 2.75) is 13.3 Å². The van der Waals surface area contributed by atoms with Crippen LogP contribution >= 0.6 is 38.9 Å². The van der Waals surface area contributed by atoms with Gasteiger partial charge < -0.3 is 0 Å². The lowest BCUT2D eigenvalue weighted by atomic mass is 10.2. The maximum atomic E-state index is 11.6. The summed E-state index contributed by atoms with van der Waals surface area (Å²) in [6, 6.07) is 9.56. The summed E-state index contributed by atoms with van der Waals surface area (Å²) < 4.78 is 0.874. The van der Waals surface area contributed by atoms with Gasteiger partial charge in [-0.15, -0.1) is 11.3 Å². The Kier molecular flexibility index (Phi) is 4.02. The van der Waals surface area contributed by atoms with E-state index < -0.39 is 0 Å². The molecule has 2 aromatic rings. The molecule has 0 radical (unpaired) electrons. The highest BCUT2D eigenvalue weighted by molar-refractivity contribution is 9.10. The molecule has 1 aromatic heterocycles. The summed E-state index contributed by atoms with van der Waals surface area (Å²) in [6.07, 6.45) is 0.538. The molecular formula is C13H10BrClOS. The van der Waals surface area contributed by atoms with Gasteiger partial charge in [-0.05, 0) is 34.1 Å². The molecule has 0 saturated carbocycles. The van der Waals surface area contributed by atoms with Crippen molar-refractivity contribution in [3.8, 4) is 10.4 Å². The van der Waals surface area contributed by atoms with Crippen LogP contribution in [0.25, 0.3) is 10.4 Å². The third-order valence-corrected chi connectivity index (χ3v) is 4.98. The normalized spacial score (nSPS) is 10.5. The Balaban J connectivity index is 2.44. The Hall–Kier alpha value is -0.640. The quantitative estimate of drug-likeness (QED) is 0.687. The van der Waals surface area contributed by atoms with Crippen LogP contribution in [-0.4, -0.2) is 5.78 Å². The predicted octanol–water partition coefficient (Wildman–Crippen LogP) is 5.42. The molecule has 0 unspecified atom stereocenters. The molecule has 0 N–H and O–H groups in total. The molecule has 0 bridgehead atoms. The summed E-state index contributed by atoms with van der Waals surface area (Å²) in [5.41, 5.74) is 1.03. The number of rotatable bonds is 3. The molecule has 1 nitrogen and oxygen atoms in total. The third kappa shape index (κ3) is 2.62. The number of carbonyl (C=O) groups is 1. The first-order valence-electron chi connectivity index (χ1n) is 5.21. The Bertz CT molecular complexity index is 562. The van der Waals surface area contributed by atoms with Gasteiger partial charge in [0.25, 0.3) is 0 Å². The van der Waals surface area contributed by atoms with Gasteiger partial charge in [-0.1, -0.05) is 30.7 Å². The van der Waals surface area contributed by atoms with Gasteiger partial charge in [0.1, 0.15) is 0 Å². The second-order valence-corrected chi connectivity index (χ2v) is 5.83. The van der Waals surface area contributed by atoms with Gasteiger partial charge in [0, 0.05) is 21.3 Å². The van der Waals surface area contributed by atoms with E-state index in [4.69, 9.17) is 11.6 Å². The molecule has 0 atom stereocenters. The van der Waals surface area contributed by atoms with E-state index in [0.717, 1.165) is 19.8 Å². The molecule has 0 aliphatic heterocycles. The van der Waals surface area contributed by atoms with E-state index in [1.807, 2.05) is 37.3 Å². The average molecular weight is 330 g/mol. The molecule has 17 heavy (non-hydrogen) atoms. The van der Waals surface area contributed by atoms with Crippen molar-refractivity contribution < 1.29 is 4.79 Å². The molecule has 0 amide bonds. The monoisotopic (exact) mass is 328 g/mol. The molecule has 4 heteroatoms. The number of carbonyl (C=O) groups excluding carboxylic acids is 1. The standard InChI is InChI=1S/C13H10BrClOS/c1-2-10(16)12-7-6-11(17-12)8-4-3-5-9(15)13(8)14/h3-7H,2H2,1H3. The van der Waals surface area contributed by atoms with Crippen molar-refractivity contribution in [1.29, 1.82) is 0 Å². The molecule has 1 aromatic carbocycles. The number of Topliss-reactive ketones (excluding diaryl/α,β-unsaturated/α-hetero) is 1. The number of hydrogen-bond donors (Lipinski definition) is 0. The lowest BCUT2D eigenvalue weighted by molar-refractivity contribution is 0.0992. The van der Waals surface area contributed by atoms with Crippen LogP contribution in [0.15, 0.2) is 34.8 Å². The van der Waals surface area contributed by atoms with Crippen LogP contribution < -0.4 is 0 Å². The van der Waals surface area contributed by atoms with Crippen molar-refractivity contribution >= 4 is 44.7 Å². The summed E-state index contributed by atoms with van der Waals surface area (Å²) >= 11 is 11.0. The summed E-state index contributed by atoms with van der Waals surface area (Å²) in [4.78, 5) is 13.4. The first-order valence-corrected chi connectivity index (χ1v) is 7.19. The molecule has 0 saturated heterocycles. The fraction of sp³-hybridized carbons (Fsp3) is 0.154. The zero-order valence-electron chi connectivity index (χ0n) is 9.17. The molecule has 0 aliphatic rings. The Morgan fingerprint density at radius 3 is 2.82 bits per heavy atom. The highest BCUT2D eigenvalue weighted by Gasteiger charge is 2.11. The average Bonchev–Trinajstić information content (AvgIpc) is 2.81. The Labute approximate surface area is 118 Å². The van der Waals surface area contributed by atoms with E-state index in [1.54, 1.807) is 0 Å². The van der Waals surface area contributed by atoms with Crippen molar-refractivity contribution in [1.82, 2.24) is 0 Å². The van der Waals surface area contributed by atoms with Gasteiger partial charge in [-0.3, -0.25) is 4.79 Å². The van der Waals surface area contributed by atoms with Crippen LogP contribution in [0.1, 0.15) is 23.0 Å². The largest absolute Gasteiger partial charge is 0.293 e. The second-order valence-electron chi connectivity index (χ2n) is 3.54. The van der Waals surface area contributed by atoms with Crippen molar-refractivity contribution in [3.63, 3.8) is 0 Å². The lowest BCUT2D eigenvalue weighted by Gasteiger charge is -2.02. The summed E-state index contributed by atoms with van der Waals surface area (Å²) in [7, 11) is 0. The zero-order valence-corrected chi connectivity index (χ0v) is 12.3. The number of ketones is 1. The lowest BCUT2D eigenvalue weighted by Crippen LogP contribution is -1.90. The summed E-state index contributed by atoms with van der Waals surface area (Å²) in [5, 5.41) is 0.680.